The van der Waals surface area contributed by atoms with Crippen LogP contribution in [-0.2, 0) is 9.84 Å². The van der Waals surface area contributed by atoms with Gasteiger partial charge in [-0.3, -0.25) is 0 Å². The molecule has 0 saturated carbocycles. The lowest BCUT2D eigenvalue weighted by molar-refractivity contribution is 0.419. The summed E-state index contributed by atoms with van der Waals surface area (Å²) in [6.45, 7) is 1.45. The molecule has 2 N–H and O–H groups in total. The van der Waals surface area contributed by atoms with E-state index in [0.29, 0.717) is 5.56 Å². The molecular formula is C11H12N2O5S. The Kier molecular flexibility index (Phi) is 3.19. The molecule has 0 amide bonds. The van der Waals surface area contributed by atoms with Crippen molar-refractivity contribution in [2.45, 2.75) is 12.2 Å². The van der Waals surface area contributed by atoms with Crippen LogP contribution in [-0.4, -0.2) is 35.0 Å². The standard InChI is InChI=1S/C11H12N2O5S/c1-6(19(2,16)17)10-12-11(18-13-10)7-3-8(14)5-9(15)4-7/h3-6,14-15H,1-2H3. The smallest absolute Gasteiger partial charge is 0.258 e. The molecule has 102 valence electrons. The highest BCUT2D eigenvalue weighted by atomic mass is 32.2. The molecule has 7 nitrogen and oxygen atoms in total. The molecule has 0 fully saturated rings. The first kappa shape index (κ1) is 13.3. The summed E-state index contributed by atoms with van der Waals surface area (Å²) in [6, 6.07) is 3.80. The van der Waals surface area contributed by atoms with Crippen molar-refractivity contribution < 1.29 is 23.2 Å². The zero-order valence-electron chi connectivity index (χ0n) is 10.2. The van der Waals surface area contributed by atoms with Crippen LogP contribution in [0.3, 0.4) is 0 Å². The van der Waals surface area contributed by atoms with E-state index in [1.165, 1.54) is 19.1 Å². The number of aromatic hydroxyl groups is 2. The van der Waals surface area contributed by atoms with Gasteiger partial charge in [0.15, 0.2) is 15.7 Å². The Morgan fingerprint density at radius 2 is 1.79 bits per heavy atom. The third-order valence-electron chi connectivity index (χ3n) is 2.60. The summed E-state index contributed by atoms with van der Waals surface area (Å²) in [4.78, 5) is 3.95. The van der Waals surface area contributed by atoms with E-state index in [9.17, 15) is 18.6 Å². The van der Waals surface area contributed by atoms with Crippen LogP contribution < -0.4 is 0 Å². The van der Waals surface area contributed by atoms with Gasteiger partial charge in [-0.15, -0.1) is 0 Å². The lowest BCUT2D eigenvalue weighted by atomic mass is 10.2. The van der Waals surface area contributed by atoms with Crippen LogP contribution in [0.4, 0.5) is 0 Å². The number of rotatable bonds is 3. The molecule has 1 aromatic heterocycles. The fourth-order valence-electron chi connectivity index (χ4n) is 1.43. The van der Waals surface area contributed by atoms with E-state index < -0.39 is 15.1 Å². The highest BCUT2D eigenvalue weighted by Crippen LogP contribution is 2.28. The maximum absolute atomic E-state index is 11.4. The monoisotopic (exact) mass is 284 g/mol. The first-order chi connectivity index (χ1) is 8.77. The summed E-state index contributed by atoms with van der Waals surface area (Å²) in [5.74, 6) is -0.270. The van der Waals surface area contributed by atoms with E-state index in [0.717, 1.165) is 12.3 Å². The number of hydrogen-bond donors (Lipinski definition) is 2. The Balaban J connectivity index is 2.41. The first-order valence-corrected chi connectivity index (χ1v) is 7.28. The summed E-state index contributed by atoms with van der Waals surface area (Å²) in [5, 5.41) is 21.4. The Morgan fingerprint density at radius 1 is 1.21 bits per heavy atom. The maximum atomic E-state index is 11.4. The Bertz CT molecular complexity index is 687. The second-order valence-corrected chi connectivity index (χ2v) is 6.53. The quantitative estimate of drug-likeness (QED) is 0.871. The summed E-state index contributed by atoms with van der Waals surface area (Å²) in [5.41, 5.74) is 0.303. The van der Waals surface area contributed by atoms with Gasteiger partial charge in [-0.25, -0.2) is 8.42 Å². The first-order valence-electron chi connectivity index (χ1n) is 5.33. The molecule has 0 spiro atoms. The molecule has 1 heterocycles. The van der Waals surface area contributed by atoms with Crippen molar-refractivity contribution in [3.8, 4) is 23.0 Å². The van der Waals surface area contributed by atoms with Gasteiger partial charge in [0.2, 0.25) is 0 Å². The Hall–Kier alpha value is -2.09. The van der Waals surface area contributed by atoms with Crippen molar-refractivity contribution in [2.24, 2.45) is 0 Å². The van der Waals surface area contributed by atoms with Crippen molar-refractivity contribution >= 4 is 9.84 Å². The van der Waals surface area contributed by atoms with Gasteiger partial charge in [-0.05, 0) is 19.1 Å². The third-order valence-corrected chi connectivity index (χ3v) is 4.09. The van der Waals surface area contributed by atoms with E-state index in [1.807, 2.05) is 0 Å². The van der Waals surface area contributed by atoms with Crippen LogP contribution in [0.2, 0.25) is 0 Å². The van der Waals surface area contributed by atoms with Crippen molar-refractivity contribution in [3.63, 3.8) is 0 Å². The van der Waals surface area contributed by atoms with E-state index >= 15 is 0 Å². The molecule has 8 heteroatoms. The summed E-state index contributed by atoms with van der Waals surface area (Å²) in [7, 11) is -3.32. The fourth-order valence-corrected chi connectivity index (χ4v) is 1.91. The number of benzene rings is 1. The lowest BCUT2D eigenvalue weighted by Gasteiger charge is -2.01. The molecule has 0 radical (unpaired) electrons. The number of sulfone groups is 1. The molecule has 19 heavy (non-hydrogen) atoms. The molecule has 1 unspecified atom stereocenters. The predicted octanol–water partition coefficient (Wildman–Crippen LogP) is 1.25. The normalized spacial score (nSPS) is 13.4. The summed E-state index contributed by atoms with van der Waals surface area (Å²) < 4.78 is 27.7. The lowest BCUT2D eigenvalue weighted by Crippen LogP contribution is -2.09. The van der Waals surface area contributed by atoms with Crippen LogP contribution in [0.5, 0.6) is 11.5 Å². The van der Waals surface area contributed by atoms with Gasteiger partial charge in [-0.2, -0.15) is 4.98 Å². The van der Waals surface area contributed by atoms with Crippen LogP contribution >= 0.6 is 0 Å². The largest absolute Gasteiger partial charge is 0.508 e. The fraction of sp³-hybridized carbons (Fsp3) is 0.273. The van der Waals surface area contributed by atoms with E-state index in [-0.39, 0.29) is 23.2 Å². The van der Waals surface area contributed by atoms with Crippen LogP contribution in [0, 0.1) is 0 Å². The Morgan fingerprint density at radius 3 is 2.32 bits per heavy atom. The van der Waals surface area contributed by atoms with Gasteiger partial charge in [0.05, 0.1) is 0 Å². The average molecular weight is 284 g/mol. The van der Waals surface area contributed by atoms with Crippen molar-refractivity contribution in [2.75, 3.05) is 6.26 Å². The van der Waals surface area contributed by atoms with Gasteiger partial charge in [0.25, 0.3) is 5.89 Å². The molecule has 0 bridgehead atoms. The van der Waals surface area contributed by atoms with Gasteiger partial charge < -0.3 is 14.7 Å². The van der Waals surface area contributed by atoms with Crippen LogP contribution in [0.1, 0.15) is 18.0 Å². The van der Waals surface area contributed by atoms with Crippen LogP contribution in [0.15, 0.2) is 22.7 Å². The molecule has 2 rings (SSSR count). The summed E-state index contributed by atoms with van der Waals surface area (Å²) >= 11 is 0. The highest BCUT2D eigenvalue weighted by molar-refractivity contribution is 7.90. The second-order valence-electron chi connectivity index (χ2n) is 4.17. The van der Waals surface area contributed by atoms with Gasteiger partial charge in [0, 0.05) is 17.9 Å². The molecule has 2 aromatic rings. The molecule has 0 aliphatic heterocycles. The minimum atomic E-state index is -3.32. The van der Waals surface area contributed by atoms with E-state index in [1.54, 1.807) is 0 Å². The number of aromatic nitrogens is 2. The van der Waals surface area contributed by atoms with E-state index in [2.05, 4.69) is 10.1 Å². The molecule has 1 aromatic carbocycles. The highest BCUT2D eigenvalue weighted by Gasteiger charge is 2.23. The molecule has 0 saturated heterocycles. The molecule has 0 aliphatic rings. The minimum absolute atomic E-state index is 0.0247. The topological polar surface area (TPSA) is 114 Å². The van der Waals surface area contributed by atoms with Crippen molar-refractivity contribution in [3.05, 3.63) is 24.0 Å². The molecule has 0 aliphatic carbocycles. The van der Waals surface area contributed by atoms with Crippen molar-refractivity contribution in [1.82, 2.24) is 10.1 Å². The number of phenolic OH excluding ortho intramolecular Hbond substituents is 2. The summed E-state index contributed by atoms with van der Waals surface area (Å²) in [6.07, 6.45) is 1.08. The molecular weight excluding hydrogens is 272 g/mol. The second kappa shape index (κ2) is 4.54. The van der Waals surface area contributed by atoms with Gasteiger partial charge >= 0.3 is 0 Å². The number of phenols is 2. The Labute approximate surface area is 109 Å². The zero-order chi connectivity index (χ0) is 14.2. The van der Waals surface area contributed by atoms with Gasteiger partial charge in [-0.1, -0.05) is 5.16 Å². The third kappa shape index (κ3) is 2.84. The average Bonchev–Trinajstić information content (AvgIpc) is 2.74. The molecule has 1 atom stereocenters. The van der Waals surface area contributed by atoms with Crippen molar-refractivity contribution in [1.29, 1.82) is 0 Å². The number of hydrogen-bond acceptors (Lipinski definition) is 7. The van der Waals surface area contributed by atoms with Crippen LogP contribution in [0.25, 0.3) is 11.5 Å². The number of nitrogens with zero attached hydrogens (tertiary/aromatic N) is 2. The predicted molar refractivity (Wildman–Crippen MR) is 66.3 cm³/mol. The SMILES string of the molecule is CC(c1noc(-c2cc(O)cc(O)c2)n1)S(C)(=O)=O. The van der Waals surface area contributed by atoms with Gasteiger partial charge in [0.1, 0.15) is 16.7 Å². The van der Waals surface area contributed by atoms with E-state index in [4.69, 9.17) is 4.52 Å². The minimum Gasteiger partial charge on any atom is -0.508 e. The zero-order valence-corrected chi connectivity index (χ0v) is 11.0. The maximum Gasteiger partial charge on any atom is 0.258 e.